The van der Waals surface area contributed by atoms with Gasteiger partial charge in [-0.2, -0.15) is 0 Å². The highest BCUT2D eigenvalue weighted by molar-refractivity contribution is 5.14. The summed E-state index contributed by atoms with van der Waals surface area (Å²) >= 11 is 0. The van der Waals surface area contributed by atoms with Crippen molar-refractivity contribution in [3.63, 3.8) is 0 Å². The molecule has 1 unspecified atom stereocenters. The van der Waals surface area contributed by atoms with Gasteiger partial charge in [0.1, 0.15) is 0 Å². The molecule has 0 aliphatic carbocycles. The number of hydrogen-bond donors (Lipinski definition) is 0. The maximum absolute atomic E-state index is 12.5. The van der Waals surface area contributed by atoms with E-state index in [-0.39, 0.29) is 12.6 Å². The highest BCUT2D eigenvalue weighted by Gasteiger charge is 2.09. The Hall–Kier alpha value is -0.920. The molecule has 66 valence electrons. The maximum atomic E-state index is 12.5. The fourth-order valence-electron chi connectivity index (χ4n) is 1.30. The predicted octanol–water partition coefficient (Wildman–Crippen LogP) is 2.93. The molecule has 1 aromatic rings. The smallest absolute Gasteiger partial charge is 0.0963 e. The van der Waals surface area contributed by atoms with E-state index in [4.69, 9.17) is 0 Å². The number of rotatable bonds is 4. The van der Waals surface area contributed by atoms with Crippen LogP contribution in [0.2, 0.25) is 0 Å². The van der Waals surface area contributed by atoms with Gasteiger partial charge in [0.2, 0.25) is 0 Å². The van der Waals surface area contributed by atoms with Crippen LogP contribution in [-0.2, 0) is 0 Å². The summed E-state index contributed by atoms with van der Waals surface area (Å²) < 4.78 is 12.5. The van der Waals surface area contributed by atoms with Crippen molar-refractivity contribution in [2.45, 2.75) is 25.7 Å². The summed E-state index contributed by atoms with van der Waals surface area (Å²) in [5.41, 5.74) is 1.02. The molecule has 1 rings (SSSR count). The van der Waals surface area contributed by atoms with Crippen LogP contribution in [0.4, 0.5) is 4.39 Å². The minimum absolute atomic E-state index is 0.0451. The van der Waals surface area contributed by atoms with Gasteiger partial charge in [-0.3, -0.25) is 9.37 Å². The summed E-state index contributed by atoms with van der Waals surface area (Å²) in [5.74, 6) is 0.0451. The van der Waals surface area contributed by atoms with E-state index in [1.165, 1.54) is 0 Å². The first-order valence-electron chi connectivity index (χ1n) is 4.34. The fraction of sp³-hybridized carbons (Fsp3) is 0.500. The summed E-state index contributed by atoms with van der Waals surface area (Å²) in [4.78, 5) is 3.97. The Morgan fingerprint density at radius 3 is 2.92 bits per heavy atom. The van der Waals surface area contributed by atoms with Crippen molar-refractivity contribution >= 4 is 0 Å². The lowest BCUT2D eigenvalue weighted by atomic mass is 9.98. The van der Waals surface area contributed by atoms with Crippen LogP contribution in [0.15, 0.2) is 24.5 Å². The van der Waals surface area contributed by atoms with Gasteiger partial charge in [0.15, 0.2) is 0 Å². The molecule has 1 atom stereocenters. The molecular formula is C10H14FN. The van der Waals surface area contributed by atoms with Crippen molar-refractivity contribution in [1.29, 1.82) is 0 Å². The quantitative estimate of drug-likeness (QED) is 0.671. The molecule has 0 aliphatic heterocycles. The minimum Gasteiger partial charge on any atom is -0.264 e. The van der Waals surface area contributed by atoms with Gasteiger partial charge in [0.05, 0.1) is 6.67 Å². The van der Waals surface area contributed by atoms with Crippen LogP contribution >= 0.6 is 0 Å². The number of aromatic nitrogens is 1. The molecule has 0 amide bonds. The summed E-state index contributed by atoms with van der Waals surface area (Å²) in [6.45, 7) is 1.79. The Morgan fingerprint density at radius 2 is 2.42 bits per heavy atom. The molecule has 0 fully saturated rings. The van der Waals surface area contributed by atoms with E-state index in [2.05, 4.69) is 11.9 Å². The zero-order valence-electron chi connectivity index (χ0n) is 7.33. The third kappa shape index (κ3) is 2.29. The topological polar surface area (TPSA) is 12.9 Å². The average molecular weight is 167 g/mol. The van der Waals surface area contributed by atoms with E-state index < -0.39 is 0 Å². The van der Waals surface area contributed by atoms with Crippen LogP contribution in [0.25, 0.3) is 0 Å². The molecule has 2 heteroatoms. The van der Waals surface area contributed by atoms with Crippen molar-refractivity contribution in [2.75, 3.05) is 6.67 Å². The molecule has 0 radical (unpaired) electrons. The first-order valence-corrected chi connectivity index (χ1v) is 4.34. The van der Waals surface area contributed by atoms with Crippen LogP contribution in [0.5, 0.6) is 0 Å². The van der Waals surface area contributed by atoms with Crippen molar-refractivity contribution in [1.82, 2.24) is 4.98 Å². The van der Waals surface area contributed by atoms with E-state index in [9.17, 15) is 4.39 Å². The highest BCUT2D eigenvalue weighted by Crippen LogP contribution is 2.20. The molecule has 12 heavy (non-hydrogen) atoms. The summed E-state index contributed by atoms with van der Waals surface area (Å²) in [5, 5.41) is 0. The van der Waals surface area contributed by atoms with Crippen molar-refractivity contribution < 1.29 is 4.39 Å². The SMILES string of the molecule is CCCC(CF)c1cccnc1. The molecular weight excluding hydrogens is 153 g/mol. The van der Waals surface area contributed by atoms with E-state index in [1.807, 2.05) is 12.1 Å². The van der Waals surface area contributed by atoms with Gasteiger partial charge in [0.25, 0.3) is 0 Å². The van der Waals surface area contributed by atoms with Gasteiger partial charge < -0.3 is 0 Å². The van der Waals surface area contributed by atoms with Crippen LogP contribution in [0.1, 0.15) is 31.2 Å². The maximum Gasteiger partial charge on any atom is 0.0963 e. The van der Waals surface area contributed by atoms with E-state index in [0.29, 0.717) is 0 Å². The number of halogens is 1. The van der Waals surface area contributed by atoms with Crippen LogP contribution in [0.3, 0.4) is 0 Å². The summed E-state index contributed by atoms with van der Waals surface area (Å²) in [6.07, 6.45) is 5.39. The van der Waals surface area contributed by atoms with Gasteiger partial charge >= 0.3 is 0 Å². The standard InChI is InChI=1S/C10H14FN/c1-2-4-9(7-11)10-5-3-6-12-8-10/h3,5-6,8-9H,2,4,7H2,1H3. The third-order valence-electron chi connectivity index (χ3n) is 1.98. The Kier molecular flexibility index (Phi) is 3.71. The first-order chi connectivity index (χ1) is 5.88. The van der Waals surface area contributed by atoms with Crippen LogP contribution in [0, 0.1) is 0 Å². The van der Waals surface area contributed by atoms with Crippen LogP contribution < -0.4 is 0 Å². The van der Waals surface area contributed by atoms with Gasteiger partial charge in [0, 0.05) is 18.3 Å². The van der Waals surface area contributed by atoms with Gasteiger partial charge in [-0.05, 0) is 18.1 Å². The zero-order valence-corrected chi connectivity index (χ0v) is 7.33. The summed E-state index contributed by atoms with van der Waals surface area (Å²) in [7, 11) is 0. The van der Waals surface area contributed by atoms with Gasteiger partial charge in [-0.1, -0.05) is 19.4 Å². The first kappa shape index (κ1) is 9.17. The second-order valence-electron chi connectivity index (χ2n) is 2.93. The minimum atomic E-state index is -0.278. The van der Waals surface area contributed by atoms with E-state index >= 15 is 0 Å². The van der Waals surface area contributed by atoms with Gasteiger partial charge in [-0.25, -0.2) is 0 Å². The highest BCUT2D eigenvalue weighted by atomic mass is 19.1. The molecule has 0 bridgehead atoms. The lowest BCUT2D eigenvalue weighted by molar-refractivity contribution is 0.412. The molecule has 1 heterocycles. The van der Waals surface area contributed by atoms with Crippen molar-refractivity contribution in [2.24, 2.45) is 0 Å². The Bertz CT molecular complexity index is 210. The second-order valence-corrected chi connectivity index (χ2v) is 2.93. The van der Waals surface area contributed by atoms with E-state index in [1.54, 1.807) is 12.4 Å². The second kappa shape index (κ2) is 4.86. The van der Waals surface area contributed by atoms with Gasteiger partial charge in [-0.15, -0.1) is 0 Å². The molecule has 1 aromatic heterocycles. The molecule has 0 aromatic carbocycles. The molecule has 0 aliphatic rings. The molecule has 1 nitrogen and oxygen atoms in total. The Labute approximate surface area is 72.6 Å². The number of nitrogens with zero attached hydrogens (tertiary/aromatic N) is 1. The molecule has 0 spiro atoms. The Morgan fingerprint density at radius 1 is 1.58 bits per heavy atom. The molecule has 0 saturated carbocycles. The number of pyridine rings is 1. The monoisotopic (exact) mass is 167 g/mol. The van der Waals surface area contributed by atoms with E-state index in [0.717, 1.165) is 18.4 Å². The third-order valence-corrected chi connectivity index (χ3v) is 1.98. The van der Waals surface area contributed by atoms with Crippen LogP contribution in [-0.4, -0.2) is 11.7 Å². The van der Waals surface area contributed by atoms with Crippen molar-refractivity contribution in [3.8, 4) is 0 Å². The number of hydrogen-bond acceptors (Lipinski definition) is 1. The average Bonchev–Trinajstić information content (AvgIpc) is 2.15. The largest absolute Gasteiger partial charge is 0.264 e. The fourth-order valence-corrected chi connectivity index (χ4v) is 1.30. The summed E-state index contributed by atoms with van der Waals surface area (Å²) in [6, 6.07) is 3.79. The number of alkyl halides is 1. The Balaban J connectivity index is 2.66. The predicted molar refractivity (Wildman–Crippen MR) is 47.9 cm³/mol. The lowest BCUT2D eigenvalue weighted by Gasteiger charge is -2.10. The normalized spacial score (nSPS) is 12.8. The van der Waals surface area contributed by atoms with Crippen molar-refractivity contribution in [3.05, 3.63) is 30.1 Å². The molecule has 0 saturated heterocycles. The molecule has 0 N–H and O–H groups in total. The lowest BCUT2D eigenvalue weighted by Crippen LogP contribution is -2.00. The zero-order chi connectivity index (χ0) is 8.81.